The van der Waals surface area contributed by atoms with Gasteiger partial charge in [0.15, 0.2) is 0 Å². The Morgan fingerprint density at radius 2 is 1.42 bits per heavy atom. The lowest BCUT2D eigenvalue weighted by Gasteiger charge is -2.35. The van der Waals surface area contributed by atoms with E-state index in [-0.39, 0.29) is 17.9 Å². The first kappa shape index (κ1) is 33.2. The first-order chi connectivity index (χ1) is 24.9. The molecular formula is C40H38N8O4. The van der Waals surface area contributed by atoms with Crippen molar-refractivity contribution in [3.05, 3.63) is 108 Å². The number of carbonyl (C=O) groups excluding carboxylic acids is 2. The van der Waals surface area contributed by atoms with Crippen molar-refractivity contribution in [3.8, 4) is 39.7 Å². The van der Waals surface area contributed by atoms with Gasteiger partial charge in [0.1, 0.15) is 0 Å². The average molecular weight is 695 g/mol. The molecule has 3 aliphatic rings. The number of hydrogen-bond acceptors (Lipinski definition) is 9. The molecule has 52 heavy (non-hydrogen) atoms. The number of benzene rings is 2. The lowest BCUT2D eigenvalue weighted by molar-refractivity contribution is -0.124. The summed E-state index contributed by atoms with van der Waals surface area (Å²) in [5.74, 6) is 1.10. The minimum Gasteiger partial charge on any atom is -0.416 e. The summed E-state index contributed by atoms with van der Waals surface area (Å²) >= 11 is 0. The van der Waals surface area contributed by atoms with Crippen LogP contribution in [0.25, 0.3) is 39.7 Å². The summed E-state index contributed by atoms with van der Waals surface area (Å²) in [5, 5.41) is 12.8. The maximum absolute atomic E-state index is 13.0. The molecule has 0 N–H and O–H groups in total. The van der Waals surface area contributed by atoms with Crippen LogP contribution in [0, 0.1) is 6.92 Å². The molecule has 0 radical (unpaired) electrons. The van der Waals surface area contributed by atoms with E-state index in [0.29, 0.717) is 25.0 Å². The molecule has 262 valence electrons. The van der Waals surface area contributed by atoms with Gasteiger partial charge in [-0.05, 0) is 93.8 Å². The van der Waals surface area contributed by atoms with Crippen molar-refractivity contribution in [3.63, 3.8) is 0 Å². The third-order valence-electron chi connectivity index (χ3n) is 10.2. The molecule has 7 heterocycles. The molecule has 0 bridgehead atoms. The number of likely N-dealkylation sites (N-methyl/N-ethyl adjacent to an activating group) is 1. The van der Waals surface area contributed by atoms with E-state index in [0.717, 1.165) is 56.1 Å². The number of carbonyl (C=O) groups is 2. The molecule has 2 aromatic carbocycles. The molecule has 0 atom stereocenters. The first-order valence-corrected chi connectivity index (χ1v) is 17.1. The molecule has 2 amide bonds. The number of pyridine rings is 2. The highest BCUT2D eigenvalue weighted by Gasteiger charge is 2.48. The number of rotatable bonds is 5. The smallest absolute Gasteiger partial charge is 0.248 e. The van der Waals surface area contributed by atoms with Gasteiger partial charge in [0, 0.05) is 59.4 Å². The van der Waals surface area contributed by atoms with Gasteiger partial charge in [-0.2, -0.15) is 5.10 Å². The van der Waals surface area contributed by atoms with Crippen molar-refractivity contribution in [2.75, 3.05) is 30.1 Å². The quantitative estimate of drug-likeness (QED) is 0.203. The summed E-state index contributed by atoms with van der Waals surface area (Å²) < 4.78 is 13.0. The van der Waals surface area contributed by atoms with E-state index in [2.05, 4.69) is 37.4 Å². The highest BCUT2D eigenvalue weighted by atomic mass is 16.5. The van der Waals surface area contributed by atoms with Gasteiger partial charge in [-0.1, -0.05) is 18.2 Å². The number of amides is 2. The normalized spacial score (nSPS) is 17.0. The second-order valence-corrected chi connectivity index (χ2v) is 14.4. The second kappa shape index (κ2) is 12.3. The Bertz CT molecular complexity index is 2340. The van der Waals surface area contributed by atoms with E-state index in [1.165, 1.54) is 0 Å². The minimum atomic E-state index is -0.558. The molecule has 6 aromatic rings. The highest BCUT2D eigenvalue weighted by molar-refractivity contribution is 6.09. The molecule has 1 saturated heterocycles. The number of nitrogens with zero attached hydrogens (tertiary/aromatic N) is 8. The van der Waals surface area contributed by atoms with Gasteiger partial charge in [0.2, 0.25) is 23.6 Å². The number of aromatic nitrogens is 6. The maximum Gasteiger partial charge on any atom is 0.248 e. The fraction of sp³-hybridized carbons (Fsp3) is 0.275. The van der Waals surface area contributed by atoms with Gasteiger partial charge < -0.3 is 19.0 Å². The largest absolute Gasteiger partial charge is 0.416 e. The van der Waals surface area contributed by atoms with Gasteiger partial charge in [-0.25, -0.2) is 4.68 Å². The van der Waals surface area contributed by atoms with Crippen LogP contribution in [0.2, 0.25) is 0 Å². The van der Waals surface area contributed by atoms with Crippen molar-refractivity contribution in [2.45, 2.75) is 51.5 Å². The molecule has 1 fully saturated rings. The number of fused-ring (bicyclic) bond motifs is 2. The van der Waals surface area contributed by atoms with E-state index < -0.39 is 10.8 Å². The third-order valence-corrected chi connectivity index (χ3v) is 10.2. The molecule has 12 nitrogen and oxygen atoms in total. The Morgan fingerprint density at radius 1 is 0.750 bits per heavy atom. The molecule has 12 heteroatoms. The molecule has 9 rings (SSSR count). The molecule has 0 aliphatic carbocycles. The summed E-state index contributed by atoms with van der Waals surface area (Å²) in [5.41, 5.74) is 8.39. The third kappa shape index (κ3) is 5.46. The van der Waals surface area contributed by atoms with Crippen LogP contribution in [0.4, 0.5) is 11.4 Å². The van der Waals surface area contributed by atoms with Crippen LogP contribution in [0.1, 0.15) is 44.5 Å². The molecular weight excluding hydrogens is 656 g/mol. The van der Waals surface area contributed by atoms with Gasteiger partial charge in [0.25, 0.3) is 0 Å². The van der Waals surface area contributed by atoms with Gasteiger partial charge in [-0.15, -0.1) is 10.2 Å². The Labute approximate surface area is 301 Å². The predicted octanol–water partition coefficient (Wildman–Crippen LogP) is 6.32. The van der Waals surface area contributed by atoms with Crippen LogP contribution in [0.15, 0.2) is 96.1 Å². The number of aryl methyl sites for hydroxylation is 1. The van der Waals surface area contributed by atoms with E-state index >= 15 is 0 Å². The maximum atomic E-state index is 13.0. The van der Waals surface area contributed by atoms with Crippen LogP contribution in [-0.2, 0) is 25.2 Å². The number of anilines is 2. The molecule has 0 spiro atoms. The van der Waals surface area contributed by atoms with E-state index in [4.69, 9.17) is 9.15 Å². The van der Waals surface area contributed by atoms with Crippen LogP contribution in [0.3, 0.4) is 0 Å². The van der Waals surface area contributed by atoms with Crippen molar-refractivity contribution in [1.82, 2.24) is 29.9 Å². The monoisotopic (exact) mass is 694 g/mol. The fourth-order valence-corrected chi connectivity index (χ4v) is 7.05. The van der Waals surface area contributed by atoms with Gasteiger partial charge >= 0.3 is 0 Å². The van der Waals surface area contributed by atoms with Crippen molar-refractivity contribution >= 4 is 23.2 Å². The lowest BCUT2D eigenvalue weighted by Crippen LogP contribution is -2.52. The lowest BCUT2D eigenvalue weighted by atomic mass is 9.85. The molecule has 0 saturated carbocycles. The Kier molecular flexibility index (Phi) is 7.87. The summed E-state index contributed by atoms with van der Waals surface area (Å²) in [4.78, 5) is 37.3. The zero-order valence-corrected chi connectivity index (χ0v) is 29.9. The number of hydrogen-bond donors (Lipinski definition) is 0. The Morgan fingerprint density at radius 3 is 2.10 bits per heavy atom. The van der Waals surface area contributed by atoms with Crippen LogP contribution in [0.5, 0.6) is 0 Å². The fourth-order valence-electron chi connectivity index (χ4n) is 7.05. The van der Waals surface area contributed by atoms with Crippen LogP contribution >= 0.6 is 0 Å². The van der Waals surface area contributed by atoms with E-state index in [9.17, 15) is 9.59 Å². The highest BCUT2D eigenvalue weighted by Crippen LogP contribution is 2.45. The predicted molar refractivity (Wildman–Crippen MR) is 196 cm³/mol. The Hall–Kier alpha value is -6.01. The van der Waals surface area contributed by atoms with Crippen molar-refractivity contribution in [2.24, 2.45) is 0 Å². The summed E-state index contributed by atoms with van der Waals surface area (Å²) in [6, 6.07) is 19.7. The summed E-state index contributed by atoms with van der Waals surface area (Å²) in [6.07, 6.45) is 9.03. The van der Waals surface area contributed by atoms with Gasteiger partial charge in [0.05, 0.1) is 48.2 Å². The topological polar surface area (TPSA) is 132 Å². The van der Waals surface area contributed by atoms with Crippen molar-refractivity contribution in [1.29, 1.82) is 0 Å². The van der Waals surface area contributed by atoms with Crippen LogP contribution < -0.4 is 9.80 Å². The zero-order chi connectivity index (χ0) is 36.4. The Balaban J connectivity index is 0.000000151. The molecule has 3 aliphatic heterocycles. The summed E-state index contributed by atoms with van der Waals surface area (Å²) in [6.45, 7) is 10.9. The van der Waals surface area contributed by atoms with Crippen molar-refractivity contribution < 1.29 is 18.7 Å². The van der Waals surface area contributed by atoms with E-state index in [1.807, 2.05) is 107 Å². The second-order valence-electron chi connectivity index (χ2n) is 14.4. The minimum absolute atomic E-state index is 0.0846. The average Bonchev–Trinajstić information content (AvgIpc) is 3.89. The molecule has 4 aromatic heterocycles. The zero-order valence-electron chi connectivity index (χ0n) is 29.9. The van der Waals surface area contributed by atoms with Gasteiger partial charge in [-0.3, -0.25) is 19.6 Å². The number of ether oxygens (including phenoxy) is 1. The first-order valence-electron chi connectivity index (χ1n) is 17.1. The molecule has 0 unspecified atom stereocenters. The van der Waals surface area contributed by atoms with Crippen LogP contribution in [-0.4, -0.2) is 68.1 Å². The standard InChI is InChI=1S/C21H20N4O3.C19H18N4O/c1-12-8-14(6-7-22-12)19-24-23-18(28-19)13-4-5-16-17(9-13)25(15-10-27-11-15)20(26)21(16,2)3;1-19(2)16-7-6-13(9-17(16)22(3)18(19)24)14-10-21-23(12-14)15-5-4-8-20-11-15/h4-9,15H,10-11H2,1-3H3;4-12H,1-3H3. The SMILES string of the molecule is CN1C(=O)C(C)(C)c2ccc(-c3cnn(-c4cccnc4)c3)cc21.Cc1cc(-c2nnc(-c3ccc4c(c3)N(C3COC3)C(=O)C4(C)C)o2)ccn1. The summed E-state index contributed by atoms with van der Waals surface area (Å²) in [7, 11) is 1.83. The van der Waals surface area contributed by atoms with E-state index in [1.54, 1.807) is 28.2 Å².